The number of nitrogens with two attached hydrogens (primary N) is 1. The van der Waals surface area contributed by atoms with Gasteiger partial charge in [-0.15, -0.1) is 0 Å². The minimum Gasteiger partial charge on any atom is -0.394 e. The van der Waals surface area contributed by atoms with Crippen LogP contribution < -0.4 is 11.1 Å². The summed E-state index contributed by atoms with van der Waals surface area (Å²) in [6.07, 6.45) is 0.373. The lowest BCUT2D eigenvalue weighted by Crippen LogP contribution is -2.47. The molecule has 0 unspecified atom stereocenters. The fourth-order valence-corrected chi connectivity index (χ4v) is 4.29. The molecule has 1 fully saturated rings. The van der Waals surface area contributed by atoms with Gasteiger partial charge >= 0.3 is 0 Å². The topological polar surface area (TPSA) is 131 Å². The molecule has 0 amide bonds. The molecule has 0 aliphatic carbocycles. The number of imidazole rings is 1. The van der Waals surface area contributed by atoms with Crippen LogP contribution in [0.15, 0.2) is 43.0 Å². The summed E-state index contributed by atoms with van der Waals surface area (Å²) in [7, 11) is 0. The van der Waals surface area contributed by atoms with Crippen molar-refractivity contribution >= 4 is 45.3 Å². The second-order valence-corrected chi connectivity index (χ2v) is 8.21. The van der Waals surface area contributed by atoms with E-state index in [2.05, 4.69) is 20.3 Å². The van der Waals surface area contributed by atoms with E-state index in [9.17, 15) is 10.2 Å². The van der Waals surface area contributed by atoms with Crippen molar-refractivity contribution in [2.24, 2.45) is 0 Å². The lowest BCUT2D eigenvalue weighted by molar-refractivity contribution is -0.0489. The molecule has 29 heavy (non-hydrogen) atoms. The van der Waals surface area contributed by atoms with Crippen molar-refractivity contribution in [1.29, 1.82) is 0 Å². The Hall–Kier alpha value is -2.31. The number of aromatic nitrogens is 4. The van der Waals surface area contributed by atoms with Crippen LogP contribution >= 0.6 is 24.0 Å². The predicted octanol–water partition coefficient (Wildman–Crippen LogP) is 0.836. The lowest BCUT2D eigenvalue weighted by Gasteiger charge is -2.22. The minimum atomic E-state index is -0.990. The summed E-state index contributed by atoms with van der Waals surface area (Å²) in [4.78, 5) is 12.3. The number of hydrogen-bond donors (Lipinski definition) is 4. The summed E-state index contributed by atoms with van der Waals surface area (Å²) < 4.78 is 7.98. The third kappa shape index (κ3) is 4.05. The number of benzene rings is 1. The number of rotatable bonds is 5. The molecule has 2 aromatic heterocycles. The first kappa shape index (κ1) is 20.0. The fraction of sp³-hybridized carbons (Fsp3) is 0.333. The van der Waals surface area contributed by atoms with Crippen LogP contribution in [-0.2, 0) is 10.5 Å². The molecule has 0 bridgehead atoms. The van der Waals surface area contributed by atoms with Crippen LogP contribution in [0.4, 0.5) is 5.82 Å². The number of ether oxygens (including phenoxy) is 1. The average molecular weight is 433 g/mol. The molecule has 1 aliphatic rings. The van der Waals surface area contributed by atoms with Gasteiger partial charge in [-0.25, -0.2) is 15.0 Å². The number of anilines is 1. The predicted molar refractivity (Wildman–Crippen MR) is 114 cm³/mol. The van der Waals surface area contributed by atoms with Crippen molar-refractivity contribution in [3.05, 3.63) is 48.5 Å². The molecule has 9 nitrogen and oxygen atoms in total. The van der Waals surface area contributed by atoms with Crippen molar-refractivity contribution in [3.8, 4) is 0 Å². The van der Waals surface area contributed by atoms with E-state index in [0.717, 1.165) is 5.56 Å². The normalized spacial score (nSPS) is 24.1. The summed E-state index contributed by atoms with van der Waals surface area (Å²) in [5, 5.41) is 23.8. The molecule has 0 radical (unpaired) electrons. The molecule has 1 aromatic carbocycles. The highest BCUT2D eigenvalue weighted by Crippen LogP contribution is 2.32. The third-order valence-electron chi connectivity index (χ3n) is 4.71. The SMILES string of the molecule is Nc1ncnc2c1ncn2[C@H]1O[C@H](CO)[C@@H](NC(=S)SCc2ccccc2)[C@H]1O. The molecule has 5 N–H and O–H groups in total. The molecule has 1 saturated heterocycles. The number of nitrogens with zero attached hydrogens (tertiary/aromatic N) is 4. The van der Waals surface area contributed by atoms with Crippen molar-refractivity contribution in [3.63, 3.8) is 0 Å². The molecule has 152 valence electrons. The first-order valence-corrected chi connectivity index (χ1v) is 10.3. The van der Waals surface area contributed by atoms with E-state index in [-0.39, 0.29) is 12.4 Å². The summed E-state index contributed by atoms with van der Waals surface area (Å²) in [5.74, 6) is 0.944. The Balaban J connectivity index is 1.47. The molecule has 4 rings (SSSR count). The van der Waals surface area contributed by atoms with Crippen LogP contribution in [0.25, 0.3) is 11.2 Å². The van der Waals surface area contributed by atoms with E-state index in [4.69, 9.17) is 22.7 Å². The zero-order valence-corrected chi connectivity index (χ0v) is 16.9. The first-order valence-electron chi connectivity index (χ1n) is 8.93. The number of nitrogen functional groups attached to an aromatic ring is 1. The maximum absolute atomic E-state index is 10.9. The number of aliphatic hydroxyl groups is 2. The Morgan fingerprint density at radius 3 is 2.83 bits per heavy atom. The summed E-state index contributed by atoms with van der Waals surface area (Å²) in [5.41, 5.74) is 7.84. The van der Waals surface area contributed by atoms with Gasteiger partial charge in [-0.05, 0) is 5.56 Å². The monoisotopic (exact) mass is 432 g/mol. The lowest BCUT2D eigenvalue weighted by atomic mass is 10.1. The second-order valence-electron chi connectivity index (χ2n) is 6.55. The smallest absolute Gasteiger partial charge is 0.167 e. The number of hydrogen-bond acceptors (Lipinski definition) is 9. The van der Waals surface area contributed by atoms with E-state index in [1.165, 1.54) is 24.4 Å². The Labute approximate surface area is 176 Å². The highest BCUT2D eigenvalue weighted by atomic mass is 32.2. The van der Waals surface area contributed by atoms with Crippen molar-refractivity contribution < 1.29 is 14.9 Å². The zero-order chi connectivity index (χ0) is 20.4. The van der Waals surface area contributed by atoms with E-state index >= 15 is 0 Å². The van der Waals surface area contributed by atoms with Gasteiger partial charge in [-0.3, -0.25) is 4.57 Å². The van der Waals surface area contributed by atoms with Gasteiger partial charge in [0.15, 0.2) is 17.7 Å². The van der Waals surface area contributed by atoms with Crippen molar-refractivity contribution in [2.45, 2.75) is 30.2 Å². The average Bonchev–Trinajstić information content (AvgIpc) is 3.29. The van der Waals surface area contributed by atoms with Gasteiger partial charge in [0, 0.05) is 5.75 Å². The molecular weight excluding hydrogens is 412 g/mol. The number of fused-ring (bicyclic) bond motifs is 1. The number of thiocarbonyl (C=S) groups is 1. The van der Waals surface area contributed by atoms with Gasteiger partial charge < -0.3 is 26.0 Å². The maximum Gasteiger partial charge on any atom is 0.167 e. The summed E-state index contributed by atoms with van der Waals surface area (Å²) in [6.45, 7) is -0.277. The van der Waals surface area contributed by atoms with Gasteiger partial charge in [-0.2, -0.15) is 0 Å². The largest absolute Gasteiger partial charge is 0.394 e. The third-order valence-corrected chi connectivity index (χ3v) is 6.04. The highest BCUT2D eigenvalue weighted by molar-refractivity contribution is 8.22. The van der Waals surface area contributed by atoms with E-state index < -0.39 is 24.5 Å². The van der Waals surface area contributed by atoms with Gasteiger partial charge in [0.05, 0.1) is 19.0 Å². The number of thioether (sulfide) groups is 1. The van der Waals surface area contributed by atoms with Gasteiger partial charge in [0.1, 0.15) is 28.4 Å². The van der Waals surface area contributed by atoms with Crippen LogP contribution in [-0.4, -0.2) is 58.9 Å². The highest BCUT2D eigenvalue weighted by Gasteiger charge is 2.45. The van der Waals surface area contributed by atoms with E-state index in [0.29, 0.717) is 21.2 Å². The summed E-state index contributed by atoms with van der Waals surface area (Å²) >= 11 is 6.87. The van der Waals surface area contributed by atoms with E-state index in [1.54, 1.807) is 4.57 Å². The van der Waals surface area contributed by atoms with Gasteiger partial charge in [0.2, 0.25) is 0 Å². The Kier molecular flexibility index (Phi) is 5.92. The minimum absolute atomic E-state index is 0.244. The quantitative estimate of drug-likeness (QED) is 0.430. The Morgan fingerprint density at radius 2 is 2.07 bits per heavy atom. The number of aliphatic hydroxyl groups excluding tert-OH is 2. The van der Waals surface area contributed by atoms with E-state index in [1.807, 2.05) is 30.3 Å². The molecule has 1 aliphatic heterocycles. The van der Waals surface area contributed by atoms with Crippen LogP contribution in [0.1, 0.15) is 11.8 Å². The maximum atomic E-state index is 10.9. The Bertz CT molecular complexity index is 1000. The van der Waals surface area contributed by atoms with Crippen molar-refractivity contribution in [1.82, 2.24) is 24.8 Å². The van der Waals surface area contributed by atoms with Gasteiger partial charge in [0.25, 0.3) is 0 Å². The number of nitrogens with one attached hydrogen (secondary N) is 1. The van der Waals surface area contributed by atoms with Crippen LogP contribution in [0.3, 0.4) is 0 Å². The van der Waals surface area contributed by atoms with Crippen LogP contribution in [0, 0.1) is 0 Å². The summed E-state index contributed by atoms with van der Waals surface area (Å²) in [6, 6.07) is 9.36. The van der Waals surface area contributed by atoms with Crippen LogP contribution in [0.2, 0.25) is 0 Å². The molecule has 0 spiro atoms. The zero-order valence-electron chi connectivity index (χ0n) is 15.3. The standard InChI is InChI=1S/C18H20N6O3S2/c19-15-13-16(21-8-20-15)24(9-22-13)17-14(26)12(11(6-25)27-17)23-18(28)29-7-10-4-2-1-3-5-10/h1-5,8-9,11-12,14,17,25-26H,6-7H2,(H,23,28)(H2,19,20,21)/t11-,12-,14-,17+/m1/s1. The fourth-order valence-electron chi connectivity index (χ4n) is 3.26. The second kappa shape index (κ2) is 8.59. The van der Waals surface area contributed by atoms with Crippen molar-refractivity contribution in [2.75, 3.05) is 12.3 Å². The molecule has 11 heteroatoms. The molecule has 3 aromatic rings. The van der Waals surface area contributed by atoms with Gasteiger partial charge in [-0.1, -0.05) is 54.3 Å². The molecule has 0 saturated carbocycles. The molecule has 3 heterocycles. The molecular formula is C18H20N6O3S2. The first-order chi connectivity index (χ1) is 14.1. The Morgan fingerprint density at radius 1 is 1.28 bits per heavy atom. The molecule has 4 atom stereocenters. The van der Waals surface area contributed by atoms with Crippen LogP contribution in [0.5, 0.6) is 0 Å².